The van der Waals surface area contributed by atoms with Gasteiger partial charge in [-0.1, -0.05) is 0 Å². The number of aromatic nitrogens is 2. The van der Waals surface area contributed by atoms with E-state index in [9.17, 15) is 12.8 Å². The lowest BCUT2D eigenvalue weighted by Gasteiger charge is -2.06. The van der Waals surface area contributed by atoms with Gasteiger partial charge in [-0.05, 0) is 19.1 Å². The minimum atomic E-state index is -3.82. The number of sulfonamides is 1. The Bertz CT molecular complexity index is 696. The van der Waals surface area contributed by atoms with Crippen LogP contribution in [0.5, 0.6) is 0 Å². The molecular formula is C11H13FN4O2S. The van der Waals surface area contributed by atoms with Gasteiger partial charge in [0.05, 0.1) is 17.7 Å². The van der Waals surface area contributed by atoms with Gasteiger partial charge < -0.3 is 10.3 Å². The molecule has 0 unspecified atom stereocenters. The molecule has 0 fully saturated rings. The van der Waals surface area contributed by atoms with Crippen molar-refractivity contribution in [3.63, 3.8) is 0 Å². The van der Waals surface area contributed by atoms with Gasteiger partial charge in [-0.15, -0.1) is 0 Å². The molecule has 0 aliphatic carbocycles. The summed E-state index contributed by atoms with van der Waals surface area (Å²) >= 11 is 0. The smallest absolute Gasteiger partial charge is 0.280 e. The van der Waals surface area contributed by atoms with Crippen molar-refractivity contribution in [1.29, 1.82) is 0 Å². The second-order valence-electron chi connectivity index (χ2n) is 3.88. The van der Waals surface area contributed by atoms with Crippen LogP contribution in [0, 0.1) is 5.82 Å². The fourth-order valence-electron chi connectivity index (χ4n) is 1.45. The van der Waals surface area contributed by atoms with E-state index in [4.69, 9.17) is 5.73 Å². The number of aryl methyl sites for hydroxylation is 1. The zero-order chi connectivity index (χ0) is 14.0. The number of nitrogen functional groups attached to an aromatic ring is 1. The van der Waals surface area contributed by atoms with Crippen LogP contribution in [0.15, 0.2) is 35.7 Å². The van der Waals surface area contributed by atoms with Crippen molar-refractivity contribution in [2.75, 3.05) is 10.5 Å². The molecule has 1 aromatic carbocycles. The number of halogens is 1. The number of hydrogen-bond donors (Lipinski definition) is 2. The first-order valence-corrected chi connectivity index (χ1v) is 7.00. The quantitative estimate of drug-likeness (QED) is 0.831. The van der Waals surface area contributed by atoms with Crippen LogP contribution in [-0.2, 0) is 16.6 Å². The lowest BCUT2D eigenvalue weighted by Crippen LogP contribution is -2.13. The largest absolute Gasteiger partial charge is 0.396 e. The number of nitrogens with two attached hydrogens (primary N) is 1. The van der Waals surface area contributed by atoms with Crippen LogP contribution in [0.3, 0.4) is 0 Å². The maximum Gasteiger partial charge on any atom is 0.280 e. The van der Waals surface area contributed by atoms with E-state index in [1.165, 1.54) is 24.7 Å². The summed E-state index contributed by atoms with van der Waals surface area (Å²) < 4.78 is 41.1. The molecule has 19 heavy (non-hydrogen) atoms. The highest BCUT2D eigenvalue weighted by Gasteiger charge is 2.17. The zero-order valence-corrected chi connectivity index (χ0v) is 11.0. The predicted octanol–water partition coefficient (Wildman–Crippen LogP) is 1.43. The Morgan fingerprint density at radius 3 is 2.79 bits per heavy atom. The van der Waals surface area contributed by atoms with Gasteiger partial charge in [-0.2, -0.15) is 8.42 Å². The van der Waals surface area contributed by atoms with Crippen molar-refractivity contribution in [3.8, 4) is 0 Å². The van der Waals surface area contributed by atoms with Gasteiger partial charge in [-0.25, -0.2) is 9.37 Å². The normalized spacial score (nSPS) is 11.5. The van der Waals surface area contributed by atoms with Crippen LogP contribution in [0.4, 0.5) is 15.8 Å². The summed E-state index contributed by atoms with van der Waals surface area (Å²) in [6, 6.07) is 3.69. The number of nitrogens with zero attached hydrogens (tertiary/aromatic N) is 2. The fraction of sp³-hybridized carbons (Fsp3) is 0.182. The Hall–Kier alpha value is -2.09. The van der Waals surface area contributed by atoms with Crippen molar-refractivity contribution in [2.45, 2.75) is 18.5 Å². The Labute approximate surface area is 110 Å². The number of anilines is 2. The minimum Gasteiger partial charge on any atom is -0.396 e. The lowest BCUT2D eigenvalue weighted by molar-refractivity contribution is 0.598. The summed E-state index contributed by atoms with van der Waals surface area (Å²) in [5.41, 5.74) is 5.37. The first-order valence-electron chi connectivity index (χ1n) is 5.52. The first-order chi connectivity index (χ1) is 8.92. The third kappa shape index (κ3) is 2.84. The van der Waals surface area contributed by atoms with E-state index in [2.05, 4.69) is 9.71 Å². The van der Waals surface area contributed by atoms with Gasteiger partial charge in [-0.3, -0.25) is 4.72 Å². The van der Waals surface area contributed by atoms with Crippen LogP contribution in [0.1, 0.15) is 6.92 Å². The highest BCUT2D eigenvalue weighted by atomic mass is 32.2. The molecule has 0 radical (unpaired) electrons. The van der Waals surface area contributed by atoms with Gasteiger partial charge in [0.2, 0.25) is 0 Å². The molecule has 8 heteroatoms. The van der Waals surface area contributed by atoms with Gasteiger partial charge in [0.1, 0.15) is 5.82 Å². The van der Waals surface area contributed by atoms with Gasteiger partial charge in [0.15, 0.2) is 5.03 Å². The Kier molecular flexibility index (Phi) is 3.43. The molecule has 0 amide bonds. The Balaban J connectivity index is 2.28. The highest BCUT2D eigenvalue weighted by molar-refractivity contribution is 7.92. The van der Waals surface area contributed by atoms with E-state index in [1.54, 1.807) is 4.57 Å². The topological polar surface area (TPSA) is 90.0 Å². The van der Waals surface area contributed by atoms with E-state index < -0.39 is 15.8 Å². The highest BCUT2D eigenvalue weighted by Crippen LogP contribution is 2.19. The summed E-state index contributed by atoms with van der Waals surface area (Å²) in [4.78, 5) is 3.79. The molecule has 2 rings (SSSR count). The molecule has 0 spiro atoms. The molecule has 0 atom stereocenters. The predicted molar refractivity (Wildman–Crippen MR) is 69.5 cm³/mol. The molecule has 2 aromatic rings. The average Bonchev–Trinajstić information content (AvgIpc) is 2.83. The minimum absolute atomic E-state index is 0.0433. The monoisotopic (exact) mass is 284 g/mol. The fourth-order valence-corrected chi connectivity index (χ4v) is 2.45. The Morgan fingerprint density at radius 2 is 2.21 bits per heavy atom. The number of imidazole rings is 1. The molecular weight excluding hydrogens is 271 g/mol. The van der Waals surface area contributed by atoms with Gasteiger partial charge >= 0.3 is 0 Å². The lowest BCUT2D eigenvalue weighted by atomic mass is 10.3. The second-order valence-corrected chi connectivity index (χ2v) is 5.51. The summed E-state index contributed by atoms with van der Waals surface area (Å²) in [7, 11) is -3.82. The van der Waals surface area contributed by atoms with Crippen LogP contribution in [0.25, 0.3) is 0 Å². The van der Waals surface area contributed by atoms with E-state index in [0.717, 1.165) is 6.07 Å². The molecule has 3 N–H and O–H groups in total. The van der Waals surface area contributed by atoms with Crippen LogP contribution >= 0.6 is 0 Å². The SMILES string of the molecule is CCn1cnc(S(=O)(=O)Nc2ccc(N)c(F)c2)c1. The third-order valence-electron chi connectivity index (χ3n) is 2.50. The third-order valence-corrected chi connectivity index (χ3v) is 3.77. The molecule has 1 aromatic heterocycles. The van der Waals surface area contributed by atoms with E-state index in [1.807, 2.05) is 6.92 Å². The molecule has 0 saturated carbocycles. The molecule has 0 bridgehead atoms. The van der Waals surface area contributed by atoms with Crippen LogP contribution < -0.4 is 10.5 Å². The van der Waals surface area contributed by atoms with Gasteiger partial charge in [0, 0.05) is 18.8 Å². The van der Waals surface area contributed by atoms with E-state index in [-0.39, 0.29) is 16.4 Å². The maximum atomic E-state index is 13.2. The second kappa shape index (κ2) is 4.88. The van der Waals surface area contributed by atoms with Crippen LogP contribution in [-0.4, -0.2) is 18.0 Å². The standard InChI is InChI=1S/C11H13FN4O2S/c1-2-16-6-11(14-7-16)19(17,18)15-8-3-4-10(13)9(12)5-8/h3-7,15H,2,13H2,1H3. The summed E-state index contributed by atoms with van der Waals surface area (Å²) in [5.74, 6) is -0.681. The number of rotatable bonds is 4. The Morgan fingerprint density at radius 1 is 1.47 bits per heavy atom. The number of benzene rings is 1. The van der Waals surface area contributed by atoms with Crippen molar-refractivity contribution in [2.24, 2.45) is 0 Å². The van der Waals surface area contributed by atoms with Gasteiger partial charge in [0.25, 0.3) is 10.0 Å². The first kappa shape index (κ1) is 13.3. The molecule has 102 valence electrons. The van der Waals surface area contributed by atoms with Crippen molar-refractivity contribution >= 4 is 21.4 Å². The van der Waals surface area contributed by atoms with Crippen molar-refractivity contribution in [1.82, 2.24) is 9.55 Å². The number of hydrogen-bond acceptors (Lipinski definition) is 4. The number of nitrogens with one attached hydrogen (secondary N) is 1. The zero-order valence-electron chi connectivity index (χ0n) is 10.2. The van der Waals surface area contributed by atoms with E-state index >= 15 is 0 Å². The summed E-state index contributed by atoms with van der Waals surface area (Å²) in [5, 5.41) is -0.119. The molecule has 6 nitrogen and oxygen atoms in total. The maximum absolute atomic E-state index is 13.2. The van der Waals surface area contributed by atoms with Crippen LogP contribution in [0.2, 0.25) is 0 Å². The van der Waals surface area contributed by atoms with Crippen molar-refractivity contribution < 1.29 is 12.8 Å². The molecule has 0 aliphatic rings. The van der Waals surface area contributed by atoms with Crippen molar-refractivity contribution in [3.05, 3.63) is 36.5 Å². The summed E-state index contributed by atoms with van der Waals surface area (Å²) in [6.45, 7) is 2.47. The summed E-state index contributed by atoms with van der Waals surface area (Å²) in [6.07, 6.45) is 2.81. The van der Waals surface area contributed by atoms with E-state index in [0.29, 0.717) is 6.54 Å². The molecule has 1 heterocycles. The molecule has 0 saturated heterocycles. The molecule has 0 aliphatic heterocycles. The average molecular weight is 284 g/mol.